The largest absolute Gasteiger partial charge is 0.497 e. The number of methoxy groups -OCH3 is 1. The third-order valence-corrected chi connectivity index (χ3v) is 4.36. The Morgan fingerprint density at radius 3 is 2.52 bits per heavy atom. The number of nitrogens with one attached hydrogen (secondary N) is 1. The average Bonchev–Trinajstić information content (AvgIpc) is 2.90. The summed E-state index contributed by atoms with van der Waals surface area (Å²) in [5.74, 6) is 0.800. The van der Waals surface area contributed by atoms with Gasteiger partial charge in [0.25, 0.3) is 0 Å². The number of carbonyl (C=O) groups is 1. The van der Waals surface area contributed by atoms with Gasteiger partial charge in [-0.05, 0) is 53.4 Å². The lowest BCUT2D eigenvalue weighted by molar-refractivity contribution is -0.114. The molecule has 1 aromatic heterocycles. The van der Waals surface area contributed by atoms with Crippen molar-refractivity contribution in [3.63, 3.8) is 0 Å². The summed E-state index contributed by atoms with van der Waals surface area (Å²) in [4.78, 5) is 12.3. The fourth-order valence-electron chi connectivity index (χ4n) is 2.21. The highest BCUT2D eigenvalue weighted by Crippen LogP contribution is 2.35. The zero-order chi connectivity index (χ0) is 14.8. The number of benzene rings is 2. The average molecular weight is 297 g/mol. The van der Waals surface area contributed by atoms with E-state index in [2.05, 4.69) is 23.5 Å². The molecule has 0 saturated carbocycles. The van der Waals surface area contributed by atoms with Gasteiger partial charge in [-0.15, -0.1) is 11.3 Å². The summed E-state index contributed by atoms with van der Waals surface area (Å²) in [6.45, 7) is 1.52. The lowest BCUT2D eigenvalue weighted by atomic mass is 10.1. The van der Waals surface area contributed by atoms with Crippen LogP contribution in [0.1, 0.15) is 6.92 Å². The van der Waals surface area contributed by atoms with Crippen molar-refractivity contribution < 1.29 is 9.53 Å². The highest BCUT2D eigenvalue weighted by atomic mass is 32.1. The third kappa shape index (κ3) is 2.90. The fraction of sp³-hybridized carbons (Fsp3) is 0.118. The Labute approximate surface area is 127 Å². The van der Waals surface area contributed by atoms with E-state index in [1.54, 1.807) is 18.4 Å². The van der Waals surface area contributed by atoms with Crippen molar-refractivity contribution in [2.75, 3.05) is 12.4 Å². The van der Waals surface area contributed by atoms with Crippen molar-refractivity contribution in [1.29, 1.82) is 0 Å². The van der Waals surface area contributed by atoms with Crippen LogP contribution in [0.2, 0.25) is 0 Å². The van der Waals surface area contributed by atoms with Gasteiger partial charge in [-0.3, -0.25) is 4.79 Å². The first-order valence-electron chi connectivity index (χ1n) is 6.61. The van der Waals surface area contributed by atoms with Gasteiger partial charge in [-0.25, -0.2) is 0 Å². The molecule has 106 valence electrons. The summed E-state index contributed by atoms with van der Waals surface area (Å²) >= 11 is 1.71. The van der Waals surface area contributed by atoms with Crippen LogP contribution in [-0.4, -0.2) is 13.0 Å². The van der Waals surface area contributed by atoms with Crippen LogP contribution in [0.25, 0.3) is 20.5 Å². The number of anilines is 1. The van der Waals surface area contributed by atoms with Gasteiger partial charge in [0.1, 0.15) is 5.75 Å². The molecular weight excluding hydrogens is 282 g/mol. The molecule has 0 spiro atoms. The second-order valence-electron chi connectivity index (χ2n) is 4.77. The van der Waals surface area contributed by atoms with E-state index >= 15 is 0 Å². The van der Waals surface area contributed by atoms with E-state index in [0.717, 1.165) is 21.7 Å². The van der Waals surface area contributed by atoms with Crippen LogP contribution in [0, 0.1) is 0 Å². The Bertz CT molecular complexity index is 790. The van der Waals surface area contributed by atoms with Crippen LogP contribution in [0.3, 0.4) is 0 Å². The lowest BCUT2D eigenvalue weighted by Crippen LogP contribution is -2.04. The Hall–Kier alpha value is -2.33. The second kappa shape index (κ2) is 5.58. The number of hydrogen-bond donors (Lipinski definition) is 1. The highest BCUT2D eigenvalue weighted by molar-refractivity contribution is 7.22. The minimum atomic E-state index is -0.0544. The van der Waals surface area contributed by atoms with Gasteiger partial charge in [-0.1, -0.05) is 6.07 Å². The molecule has 2 aromatic carbocycles. The van der Waals surface area contributed by atoms with Gasteiger partial charge >= 0.3 is 0 Å². The number of hydrogen-bond acceptors (Lipinski definition) is 3. The summed E-state index contributed by atoms with van der Waals surface area (Å²) in [5.41, 5.74) is 2.00. The molecule has 3 rings (SSSR count). The van der Waals surface area contributed by atoms with Crippen molar-refractivity contribution in [3.05, 3.63) is 48.5 Å². The highest BCUT2D eigenvalue weighted by Gasteiger charge is 2.06. The van der Waals surface area contributed by atoms with Gasteiger partial charge in [0.2, 0.25) is 5.91 Å². The van der Waals surface area contributed by atoms with E-state index in [4.69, 9.17) is 4.74 Å². The lowest BCUT2D eigenvalue weighted by Gasteiger charge is -2.00. The van der Waals surface area contributed by atoms with Crippen molar-refractivity contribution in [1.82, 2.24) is 0 Å². The van der Waals surface area contributed by atoms with E-state index < -0.39 is 0 Å². The third-order valence-electron chi connectivity index (χ3n) is 3.21. The molecule has 0 fully saturated rings. The minimum Gasteiger partial charge on any atom is -0.497 e. The van der Waals surface area contributed by atoms with E-state index in [0.29, 0.717) is 0 Å². The van der Waals surface area contributed by atoms with E-state index in [1.165, 1.54) is 17.2 Å². The molecule has 21 heavy (non-hydrogen) atoms. The maximum Gasteiger partial charge on any atom is 0.221 e. The first-order chi connectivity index (χ1) is 10.2. The monoisotopic (exact) mass is 297 g/mol. The molecule has 0 atom stereocenters. The van der Waals surface area contributed by atoms with Crippen LogP contribution in [0.4, 0.5) is 5.69 Å². The molecule has 3 nitrogen and oxygen atoms in total. The number of fused-ring (bicyclic) bond motifs is 1. The van der Waals surface area contributed by atoms with Gasteiger partial charge in [-0.2, -0.15) is 0 Å². The first-order valence-corrected chi connectivity index (χ1v) is 7.43. The topological polar surface area (TPSA) is 38.3 Å². The molecule has 0 bridgehead atoms. The Morgan fingerprint density at radius 1 is 1.10 bits per heavy atom. The van der Waals surface area contributed by atoms with Crippen LogP contribution in [0.5, 0.6) is 5.75 Å². The van der Waals surface area contributed by atoms with E-state index in [-0.39, 0.29) is 5.91 Å². The molecule has 0 aliphatic carbocycles. The summed E-state index contributed by atoms with van der Waals surface area (Å²) in [6.07, 6.45) is 0. The van der Waals surface area contributed by atoms with Crippen LogP contribution in [0.15, 0.2) is 48.5 Å². The van der Waals surface area contributed by atoms with Crippen LogP contribution < -0.4 is 10.1 Å². The number of ether oxygens (including phenoxy) is 1. The second-order valence-corrected chi connectivity index (χ2v) is 5.86. The molecular formula is C17H15NO2S. The zero-order valence-corrected chi connectivity index (χ0v) is 12.7. The number of amides is 1. The molecule has 0 radical (unpaired) electrons. The molecule has 3 aromatic rings. The van der Waals surface area contributed by atoms with E-state index in [9.17, 15) is 4.79 Å². The molecule has 1 N–H and O–H groups in total. The SMILES string of the molecule is COc1ccc(-c2cc3ccc(NC(C)=O)cc3s2)cc1. The van der Waals surface area contributed by atoms with Crippen LogP contribution >= 0.6 is 11.3 Å². The molecule has 1 amide bonds. The molecule has 4 heteroatoms. The Morgan fingerprint density at radius 2 is 1.86 bits per heavy atom. The van der Waals surface area contributed by atoms with Crippen LogP contribution in [-0.2, 0) is 4.79 Å². The van der Waals surface area contributed by atoms with Crippen molar-refractivity contribution in [2.24, 2.45) is 0 Å². The quantitative estimate of drug-likeness (QED) is 0.771. The van der Waals surface area contributed by atoms with Gasteiger partial charge in [0.05, 0.1) is 7.11 Å². The summed E-state index contributed by atoms with van der Waals surface area (Å²) in [6, 6.07) is 16.2. The summed E-state index contributed by atoms with van der Waals surface area (Å²) < 4.78 is 6.34. The summed E-state index contributed by atoms with van der Waals surface area (Å²) in [5, 5.41) is 3.99. The van der Waals surface area contributed by atoms with Gasteiger partial charge in [0, 0.05) is 22.2 Å². The van der Waals surface area contributed by atoms with Crippen molar-refractivity contribution >= 4 is 33.0 Å². The van der Waals surface area contributed by atoms with Gasteiger partial charge < -0.3 is 10.1 Å². The maximum atomic E-state index is 11.1. The van der Waals surface area contributed by atoms with E-state index in [1.807, 2.05) is 30.3 Å². The standard InChI is InChI=1S/C17H15NO2S/c1-11(19)18-14-6-3-13-9-16(21-17(13)10-14)12-4-7-15(20-2)8-5-12/h3-10H,1-2H3,(H,18,19). The predicted molar refractivity (Wildman–Crippen MR) is 88.1 cm³/mol. The molecule has 0 aliphatic heterocycles. The number of carbonyl (C=O) groups excluding carboxylic acids is 1. The minimum absolute atomic E-state index is 0.0544. The predicted octanol–water partition coefficient (Wildman–Crippen LogP) is 4.54. The fourth-order valence-corrected chi connectivity index (χ4v) is 3.32. The normalized spacial score (nSPS) is 10.6. The van der Waals surface area contributed by atoms with Gasteiger partial charge in [0.15, 0.2) is 0 Å². The maximum absolute atomic E-state index is 11.1. The molecule has 0 saturated heterocycles. The number of thiophene rings is 1. The zero-order valence-electron chi connectivity index (χ0n) is 11.8. The summed E-state index contributed by atoms with van der Waals surface area (Å²) in [7, 11) is 1.66. The molecule has 0 aliphatic rings. The Kier molecular flexibility index (Phi) is 3.62. The number of rotatable bonds is 3. The smallest absolute Gasteiger partial charge is 0.221 e. The Balaban J connectivity index is 1.97. The molecule has 0 unspecified atom stereocenters. The van der Waals surface area contributed by atoms with Crippen molar-refractivity contribution in [3.8, 4) is 16.2 Å². The van der Waals surface area contributed by atoms with Crippen molar-refractivity contribution in [2.45, 2.75) is 6.92 Å². The first kappa shape index (κ1) is 13.6. The molecule has 1 heterocycles.